The van der Waals surface area contributed by atoms with Crippen molar-refractivity contribution in [1.29, 1.82) is 0 Å². The summed E-state index contributed by atoms with van der Waals surface area (Å²) in [5, 5.41) is 0. The van der Waals surface area contributed by atoms with Gasteiger partial charge in [-0.05, 0) is 24.2 Å². The Morgan fingerprint density at radius 2 is 2.33 bits per heavy atom. The zero-order valence-electron chi connectivity index (χ0n) is 11.8. The number of rotatable bonds is 4. The van der Waals surface area contributed by atoms with Crippen LogP contribution in [0.3, 0.4) is 0 Å². The number of imidazole rings is 1. The Bertz CT molecular complexity index is 383. The van der Waals surface area contributed by atoms with Crippen molar-refractivity contribution >= 4 is 0 Å². The van der Waals surface area contributed by atoms with Crippen molar-refractivity contribution in [3.05, 3.63) is 18.2 Å². The fourth-order valence-corrected chi connectivity index (χ4v) is 3.37. The molecule has 4 nitrogen and oxygen atoms in total. The topological polar surface area (TPSA) is 55.9 Å². The zero-order chi connectivity index (χ0) is 13.2. The molecule has 0 aromatic carbocycles. The molecule has 1 aromatic rings. The molecule has 0 spiro atoms. The third kappa shape index (κ3) is 2.75. The van der Waals surface area contributed by atoms with E-state index in [-0.39, 0.29) is 0 Å². The van der Waals surface area contributed by atoms with E-state index in [0.717, 1.165) is 12.2 Å². The first-order valence-corrected chi connectivity index (χ1v) is 6.97. The lowest BCUT2D eigenvalue weighted by molar-refractivity contribution is 0.0971. The minimum Gasteiger partial charge on any atom is -0.338 e. The van der Waals surface area contributed by atoms with Crippen molar-refractivity contribution in [2.24, 2.45) is 24.2 Å². The predicted octanol–water partition coefficient (Wildman–Crippen LogP) is 2.01. The molecule has 0 radical (unpaired) electrons. The highest BCUT2D eigenvalue weighted by Gasteiger charge is 2.37. The molecule has 102 valence electrons. The first-order chi connectivity index (χ1) is 8.54. The second-order valence-electron chi connectivity index (χ2n) is 6.27. The average Bonchev–Trinajstić information content (AvgIpc) is 2.72. The molecule has 0 aliphatic heterocycles. The lowest BCUT2D eigenvalue weighted by Gasteiger charge is -2.43. The number of hydrogen-bond donors (Lipinski definition) is 2. The normalized spacial score (nSPS) is 25.0. The van der Waals surface area contributed by atoms with Gasteiger partial charge < -0.3 is 4.57 Å². The van der Waals surface area contributed by atoms with E-state index in [1.165, 1.54) is 25.7 Å². The predicted molar refractivity (Wildman–Crippen MR) is 73.8 cm³/mol. The minimum atomic E-state index is 0.321. The number of hydrogen-bond acceptors (Lipinski definition) is 3. The molecular formula is C14H26N4. The molecule has 1 fully saturated rings. The molecule has 0 bridgehead atoms. The lowest BCUT2D eigenvalue weighted by Crippen LogP contribution is -2.49. The molecular weight excluding hydrogens is 224 g/mol. The average molecular weight is 250 g/mol. The van der Waals surface area contributed by atoms with Crippen LogP contribution in [0, 0.1) is 11.3 Å². The highest BCUT2D eigenvalue weighted by molar-refractivity contribution is 4.99. The summed E-state index contributed by atoms with van der Waals surface area (Å²) in [5.41, 5.74) is 3.42. The van der Waals surface area contributed by atoms with Crippen LogP contribution >= 0.6 is 0 Å². The quantitative estimate of drug-likeness (QED) is 0.635. The van der Waals surface area contributed by atoms with E-state index in [2.05, 4.69) is 28.8 Å². The van der Waals surface area contributed by atoms with Gasteiger partial charge in [-0.3, -0.25) is 11.3 Å². The molecule has 0 saturated heterocycles. The van der Waals surface area contributed by atoms with Crippen LogP contribution in [0.15, 0.2) is 12.4 Å². The molecule has 4 heteroatoms. The summed E-state index contributed by atoms with van der Waals surface area (Å²) in [6, 6.07) is 0.321. The van der Waals surface area contributed by atoms with Crippen LogP contribution in [0.25, 0.3) is 0 Å². The largest absolute Gasteiger partial charge is 0.338 e. The van der Waals surface area contributed by atoms with Crippen LogP contribution in [-0.2, 0) is 13.5 Å². The Kier molecular flexibility index (Phi) is 4.07. The van der Waals surface area contributed by atoms with Crippen LogP contribution in [-0.4, -0.2) is 15.6 Å². The van der Waals surface area contributed by atoms with E-state index < -0.39 is 0 Å². The van der Waals surface area contributed by atoms with Gasteiger partial charge in [0.15, 0.2) is 0 Å². The minimum absolute atomic E-state index is 0.321. The Morgan fingerprint density at radius 3 is 2.89 bits per heavy atom. The summed E-state index contributed by atoms with van der Waals surface area (Å²) in [4.78, 5) is 4.41. The molecule has 2 unspecified atom stereocenters. The first kappa shape index (κ1) is 13.6. The van der Waals surface area contributed by atoms with Gasteiger partial charge in [-0.15, -0.1) is 0 Å². The maximum absolute atomic E-state index is 5.80. The van der Waals surface area contributed by atoms with E-state index in [1.807, 2.05) is 19.4 Å². The number of nitrogens with one attached hydrogen (secondary N) is 1. The second kappa shape index (κ2) is 5.41. The van der Waals surface area contributed by atoms with Crippen molar-refractivity contribution in [2.75, 3.05) is 0 Å². The summed E-state index contributed by atoms with van der Waals surface area (Å²) in [7, 11) is 2.04. The molecule has 1 saturated carbocycles. The highest BCUT2D eigenvalue weighted by atomic mass is 15.2. The standard InChI is InChI=1S/C14H26N4/c1-14(2)7-5-4-6-11(14)12(17-15)10-13-16-8-9-18(13)3/h8-9,11-12,17H,4-7,10,15H2,1-3H3. The maximum Gasteiger partial charge on any atom is 0.109 e. The zero-order valence-corrected chi connectivity index (χ0v) is 11.8. The second-order valence-corrected chi connectivity index (χ2v) is 6.27. The van der Waals surface area contributed by atoms with Gasteiger partial charge in [0.2, 0.25) is 0 Å². The lowest BCUT2D eigenvalue weighted by atomic mass is 9.65. The fourth-order valence-electron chi connectivity index (χ4n) is 3.37. The van der Waals surface area contributed by atoms with Gasteiger partial charge in [0, 0.05) is 31.9 Å². The summed E-state index contributed by atoms with van der Waals surface area (Å²) in [6.07, 6.45) is 10.0. The molecule has 1 aliphatic rings. The van der Waals surface area contributed by atoms with Gasteiger partial charge in [0.1, 0.15) is 5.82 Å². The Morgan fingerprint density at radius 1 is 1.56 bits per heavy atom. The highest BCUT2D eigenvalue weighted by Crippen LogP contribution is 2.42. The van der Waals surface area contributed by atoms with Gasteiger partial charge in [-0.2, -0.15) is 0 Å². The number of aromatic nitrogens is 2. The molecule has 2 atom stereocenters. The van der Waals surface area contributed by atoms with E-state index in [0.29, 0.717) is 17.4 Å². The van der Waals surface area contributed by atoms with E-state index in [1.54, 1.807) is 0 Å². The maximum atomic E-state index is 5.80. The van der Waals surface area contributed by atoms with Gasteiger partial charge in [0.05, 0.1) is 0 Å². The Balaban J connectivity index is 2.10. The van der Waals surface area contributed by atoms with Crippen molar-refractivity contribution in [3.63, 3.8) is 0 Å². The van der Waals surface area contributed by atoms with Crippen LogP contribution < -0.4 is 11.3 Å². The Hall–Kier alpha value is -0.870. The third-order valence-corrected chi connectivity index (χ3v) is 4.61. The SMILES string of the molecule is Cn1ccnc1CC(NN)C1CCCCC1(C)C. The van der Waals surface area contributed by atoms with Crippen molar-refractivity contribution in [3.8, 4) is 0 Å². The molecule has 2 rings (SSSR count). The number of nitrogens with two attached hydrogens (primary N) is 1. The summed E-state index contributed by atoms with van der Waals surface area (Å²) >= 11 is 0. The van der Waals surface area contributed by atoms with Gasteiger partial charge >= 0.3 is 0 Å². The van der Waals surface area contributed by atoms with E-state index >= 15 is 0 Å². The molecule has 3 N–H and O–H groups in total. The molecule has 0 amide bonds. The third-order valence-electron chi connectivity index (χ3n) is 4.61. The van der Waals surface area contributed by atoms with Crippen LogP contribution in [0.4, 0.5) is 0 Å². The van der Waals surface area contributed by atoms with E-state index in [4.69, 9.17) is 5.84 Å². The summed E-state index contributed by atoms with van der Waals surface area (Å²) in [5.74, 6) is 7.55. The van der Waals surface area contributed by atoms with Gasteiger partial charge in [-0.25, -0.2) is 4.98 Å². The molecule has 1 aromatic heterocycles. The smallest absolute Gasteiger partial charge is 0.109 e. The monoisotopic (exact) mass is 250 g/mol. The molecule has 1 aliphatic carbocycles. The van der Waals surface area contributed by atoms with Crippen molar-refractivity contribution < 1.29 is 0 Å². The number of hydrazine groups is 1. The van der Waals surface area contributed by atoms with Gasteiger partial charge in [-0.1, -0.05) is 26.7 Å². The van der Waals surface area contributed by atoms with Crippen LogP contribution in [0.5, 0.6) is 0 Å². The number of aryl methyl sites for hydroxylation is 1. The van der Waals surface area contributed by atoms with E-state index in [9.17, 15) is 0 Å². The van der Waals surface area contributed by atoms with Crippen molar-refractivity contribution in [2.45, 2.75) is 52.0 Å². The first-order valence-electron chi connectivity index (χ1n) is 6.97. The molecule has 1 heterocycles. The van der Waals surface area contributed by atoms with Crippen LogP contribution in [0.2, 0.25) is 0 Å². The number of nitrogens with zero attached hydrogens (tertiary/aromatic N) is 2. The summed E-state index contributed by atoms with van der Waals surface area (Å²) in [6.45, 7) is 4.75. The van der Waals surface area contributed by atoms with Gasteiger partial charge in [0.25, 0.3) is 0 Å². The fraction of sp³-hybridized carbons (Fsp3) is 0.786. The summed E-state index contributed by atoms with van der Waals surface area (Å²) < 4.78 is 2.08. The molecule has 18 heavy (non-hydrogen) atoms. The van der Waals surface area contributed by atoms with Crippen LogP contribution in [0.1, 0.15) is 45.4 Å². The van der Waals surface area contributed by atoms with Crippen molar-refractivity contribution in [1.82, 2.24) is 15.0 Å². The Labute approximate surface area is 110 Å².